The Labute approximate surface area is 90.2 Å². The average Bonchev–Trinajstić information content (AvgIpc) is 2.76. The molecule has 15 heavy (non-hydrogen) atoms. The number of hydrogen-bond donors (Lipinski definition) is 1. The molecule has 0 aliphatic heterocycles. The molecule has 0 radical (unpaired) electrons. The molecule has 0 spiro atoms. The third-order valence-electron chi connectivity index (χ3n) is 2.11. The van der Waals surface area contributed by atoms with Crippen LogP contribution in [0.15, 0.2) is 53.8 Å². The van der Waals surface area contributed by atoms with Gasteiger partial charge in [-0.15, -0.1) is 0 Å². The molecule has 0 aliphatic carbocycles. The SMILES string of the molecule is C=C/C=C(\C=C)C(CNC)c1ncco1. The molecule has 1 heterocycles. The van der Waals surface area contributed by atoms with Gasteiger partial charge in [0, 0.05) is 6.54 Å². The van der Waals surface area contributed by atoms with Crippen molar-refractivity contribution in [1.82, 2.24) is 10.3 Å². The van der Waals surface area contributed by atoms with E-state index in [1.807, 2.05) is 13.1 Å². The maximum atomic E-state index is 5.30. The summed E-state index contributed by atoms with van der Waals surface area (Å²) in [6.07, 6.45) is 8.68. The summed E-state index contributed by atoms with van der Waals surface area (Å²) >= 11 is 0. The molecule has 0 fully saturated rings. The van der Waals surface area contributed by atoms with Gasteiger partial charge >= 0.3 is 0 Å². The summed E-state index contributed by atoms with van der Waals surface area (Å²) in [5, 5.41) is 3.11. The zero-order valence-corrected chi connectivity index (χ0v) is 8.94. The molecule has 1 rings (SSSR count). The van der Waals surface area contributed by atoms with Crippen LogP contribution < -0.4 is 5.32 Å². The van der Waals surface area contributed by atoms with Gasteiger partial charge in [0.25, 0.3) is 0 Å². The first kappa shape index (κ1) is 11.5. The second kappa shape index (κ2) is 5.98. The van der Waals surface area contributed by atoms with E-state index in [4.69, 9.17) is 4.42 Å². The van der Waals surface area contributed by atoms with Crippen LogP contribution in [0.1, 0.15) is 11.8 Å². The van der Waals surface area contributed by atoms with Crippen molar-refractivity contribution >= 4 is 0 Å². The fourth-order valence-corrected chi connectivity index (χ4v) is 1.42. The first-order valence-corrected chi connectivity index (χ1v) is 4.82. The van der Waals surface area contributed by atoms with Gasteiger partial charge in [0.1, 0.15) is 6.26 Å². The maximum absolute atomic E-state index is 5.30. The van der Waals surface area contributed by atoms with Crippen molar-refractivity contribution in [1.29, 1.82) is 0 Å². The summed E-state index contributed by atoms with van der Waals surface area (Å²) < 4.78 is 5.30. The zero-order valence-electron chi connectivity index (χ0n) is 8.94. The molecule has 0 bridgehead atoms. The topological polar surface area (TPSA) is 38.1 Å². The summed E-state index contributed by atoms with van der Waals surface area (Å²) in [5.41, 5.74) is 1.04. The number of hydrogen-bond acceptors (Lipinski definition) is 3. The number of nitrogens with one attached hydrogen (secondary N) is 1. The Balaban J connectivity index is 2.95. The van der Waals surface area contributed by atoms with Crippen LogP contribution in [0, 0.1) is 0 Å². The Bertz CT molecular complexity index is 339. The summed E-state index contributed by atoms with van der Waals surface area (Å²) in [7, 11) is 1.89. The Morgan fingerprint density at radius 3 is 2.93 bits per heavy atom. The first-order chi connectivity index (χ1) is 7.33. The van der Waals surface area contributed by atoms with E-state index < -0.39 is 0 Å². The second-order valence-electron chi connectivity index (χ2n) is 3.09. The number of allylic oxidation sites excluding steroid dienone is 3. The monoisotopic (exact) mass is 204 g/mol. The minimum Gasteiger partial charge on any atom is -0.448 e. The molecule has 3 heteroatoms. The van der Waals surface area contributed by atoms with Crippen LogP contribution in [0.5, 0.6) is 0 Å². The van der Waals surface area contributed by atoms with Gasteiger partial charge in [-0.25, -0.2) is 4.98 Å². The molecule has 3 nitrogen and oxygen atoms in total. The van der Waals surface area contributed by atoms with Gasteiger partial charge in [0.15, 0.2) is 0 Å². The predicted octanol–water partition coefficient (Wildman–Crippen LogP) is 2.28. The fourth-order valence-electron chi connectivity index (χ4n) is 1.42. The van der Waals surface area contributed by atoms with Crippen molar-refractivity contribution in [3.8, 4) is 0 Å². The van der Waals surface area contributed by atoms with Gasteiger partial charge in [-0.3, -0.25) is 0 Å². The molecule has 1 aromatic heterocycles. The molecule has 1 N–H and O–H groups in total. The summed E-state index contributed by atoms with van der Waals surface area (Å²) in [5.74, 6) is 0.776. The Kier molecular flexibility index (Phi) is 4.57. The third-order valence-corrected chi connectivity index (χ3v) is 2.11. The molecule has 0 amide bonds. The molecule has 0 aromatic carbocycles. The molecule has 0 saturated heterocycles. The van der Waals surface area contributed by atoms with E-state index in [9.17, 15) is 0 Å². The van der Waals surface area contributed by atoms with Crippen LogP contribution in [0.3, 0.4) is 0 Å². The highest BCUT2D eigenvalue weighted by atomic mass is 16.3. The van der Waals surface area contributed by atoms with E-state index in [1.54, 1.807) is 24.6 Å². The van der Waals surface area contributed by atoms with Crippen LogP contribution in [0.25, 0.3) is 0 Å². The number of nitrogens with zero attached hydrogens (tertiary/aromatic N) is 1. The number of likely N-dealkylation sites (N-methyl/N-ethyl adjacent to an activating group) is 1. The Morgan fingerprint density at radius 1 is 1.67 bits per heavy atom. The molecule has 1 unspecified atom stereocenters. The highest BCUT2D eigenvalue weighted by Crippen LogP contribution is 2.23. The smallest absolute Gasteiger partial charge is 0.202 e. The molecule has 0 saturated carbocycles. The van der Waals surface area contributed by atoms with Crippen LogP contribution in [-0.2, 0) is 0 Å². The van der Waals surface area contributed by atoms with Crippen LogP contribution in [0.2, 0.25) is 0 Å². The summed E-state index contributed by atoms with van der Waals surface area (Å²) in [6, 6.07) is 0. The number of oxazole rings is 1. The van der Waals surface area contributed by atoms with Crippen LogP contribution in [-0.4, -0.2) is 18.6 Å². The lowest BCUT2D eigenvalue weighted by Crippen LogP contribution is -2.18. The van der Waals surface area contributed by atoms with Crippen LogP contribution in [0.4, 0.5) is 0 Å². The third kappa shape index (κ3) is 2.92. The van der Waals surface area contributed by atoms with E-state index >= 15 is 0 Å². The van der Waals surface area contributed by atoms with Crippen molar-refractivity contribution in [2.24, 2.45) is 0 Å². The van der Waals surface area contributed by atoms with Crippen molar-refractivity contribution in [3.63, 3.8) is 0 Å². The summed E-state index contributed by atoms with van der Waals surface area (Å²) in [6.45, 7) is 8.21. The predicted molar refractivity (Wildman–Crippen MR) is 61.6 cm³/mol. The van der Waals surface area contributed by atoms with Crippen molar-refractivity contribution in [2.45, 2.75) is 5.92 Å². The molecule has 1 atom stereocenters. The minimum atomic E-state index is 0.0838. The van der Waals surface area contributed by atoms with E-state index in [2.05, 4.69) is 23.5 Å². The van der Waals surface area contributed by atoms with Gasteiger partial charge in [-0.1, -0.05) is 31.4 Å². The van der Waals surface area contributed by atoms with Crippen molar-refractivity contribution in [3.05, 3.63) is 55.3 Å². The lowest BCUT2D eigenvalue weighted by molar-refractivity contribution is 0.462. The van der Waals surface area contributed by atoms with E-state index in [0.717, 1.165) is 12.1 Å². The van der Waals surface area contributed by atoms with E-state index in [-0.39, 0.29) is 5.92 Å². The quantitative estimate of drug-likeness (QED) is 0.722. The van der Waals surface area contributed by atoms with Crippen molar-refractivity contribution in [2.75, 3.05) is 13.6 Å². The molecular weight excluding hydrogens is 188 g/mol. The minimum absolute atomic E-state index is 0.0838. The van der Waals surface area contributed by atoms with Gasteiger partial charge in [0.2, 0.25) is 5.89 Å². The van der Waals surface area contributed by atoms with Gasteiger partial charge in [0.05, 0.1) is 12.1 Å². The van der Waals surface area contributed by atoms with E-state index in [1.165, 1.54) is 0 Å². The first-order valence-electron chi connectivity index (χ1n) is 4.82. The second-order valence-corrected chi connectivity index (χ2v) is 3.09. The van der Waals surface area contributed by atoms with Crippen molar-refractivity contribution < 1.29 is 4.42 Å². The summed E-state index contributed by atoms with van der Waals surface area (Å²) in [4.78, 5) is 4.16. The van der Waals surface area contributed by atoms with Gasteiger partial charge in [-0.2, -0.15) is 0 Å². The largest absolute Gasteiger partial charge is 0.448 e. The fraction of sp³-hybridized carbons (Fsp3) is 0.250. The highest BCUT2D eigenvalue weighted by molar-refractivity contribution is 5.30. The molecule has 0 aliphatic rings. The van der Waals surface area contributed by atoms with E-state index in [0.29, 0.717) is 5.89 Å². The molecular formula is C12H16N2O. The molecule has 1 aromatic rings. The van der Waals surface area contributed by atoms with Gasteiger partial charge in [-0.05, 0) is 12.6 Å². The van der Waals surface area contributed by atoms with Crippen LogP contribution >= 0.6 is 0 Å². The Morgan fingerprint density at radius 2 is 2.47 bits per heavy atom. The number of aromatic nitrogens is 1. The van der Waals surface area contributed by atoms with Gasteiger partial charge < -0.3 is 9.73 Å². The average molecular weight is 204 g/mol. The lowest BCUT2D eigenvalue weighted by atomic mass is 9.98. The Hall–Kier alpha value is -1.61. The zero-order chi connectivity index (χ0) is 11.1. The normalized spacial score (nSPS) is 13.5. The highest BCUT2D eigenvalue weighted by Gasteiger charge is 2.17. The number of rotatable bonds is 6. The standard InChI is InChI=1S/C12H16N2O/c1-4-6-10(5-2)11(9-13-3)12-14-7-8-15-12/h4-8,11,13H,1-2,9H2,3H3/b10-6+. The maximum Gasteiger partial charge on any atom is 0.202 e. The molecule has 80 valence electrons. The lowest BCUT2D eigenvalue weighted by Gasteiger charge is -2.13.